The SMILES string of the molecule is Nc1cc(N)nc(Sc2ncc(Br)cc2Br)n1. The minimum absolute atomic E-state index is 0.341. The summed E-state index contributed by atoms with van der Waals surface area (Å²) in [6, 6.07) is 3.40. The smallest absolute Gasteiger partial charge is 0.197 e. The molecule has 0 aliphatic rings. The highest BCUT2D eigenvalue weighted by atomic mass is 79.9. The Kier molecular flexibility index (Phi) is 3.85. The van der Waals surface area contributed by atoms with E-state index in [1.807, 2.05) is 6.07 Å². The maximum Gasteiger partial charge on any atom is 0.197 e. The van der Waals surface area contributed by atoms with Crippen LogP contribution in [0.1, 0.15) is 0 Å². The van der Waals surface area contributed by atoms with Crippen molar-refractivity contribution in [1.29, 1.82) is 0 Å². The van der Waals surface area contributed by atoms with Gasteiger partial charge < -0.3 is 11.5 Å². The van der Waals surface area contributed by atoms with Gasteiger partial charge in [0, 0.05) is 16.7 Å². The van der Waals surface area contributed by atoms with E-state index in [2.05, 4.69) is 46.8 Å². The predicted octanol–water partition coefficient (Wildman–Crippen LogP) is 2.71. The molecule has 0 atom stereocenters. The van der Waals surface area contributed by atoms with Gasteiger partial charge in [-0.2, -0.15) is 0 Å². The molecule has 2 rings (SSSR count). The molecular weight excluding hydrogens is 370 g/mol. The standard InChI is InChI=1S/C9H7Br2N5S/c10-4-1-5(11)8(14-3-4)17-9-15-6(12)2-7(13)16-9/h1-3H,(H4,12,13,15,16). The first-order valence-corrected chi connectivity index (χ1v) is 6.84. The van der Waals surface area contributed by atoms with E-state index in [1.165, 1.54) is 17.8 Å². The molecule has 0 unspecified atom stereocenters. The Bertz CT molecular complexity index is 543. The predicted molar refractivity (Wildman–Crippen MR) is 74.6 cm³/mol. The third kappa shape index (κ3) is 3.30. The largest absolute Gasteiger partial charge is 0.383 e. The number of hydrogen-bond acceptors (Lipinski definition) is 6. The summed E-state index contributed by atoms with van der Waals surface area (Å²) in [6.07, 6.45) is 1.70. The summed E-state index contributed by atoms with van der Waals surface area (Å²) in [7, 11) is 0. The molecule has 2 aromatic heterocycles. The van der Waals surface area contributed by atoms with E-state index in [0.29, 0.717) is 16.8 Å². The molecule has 8 heteroatoms. The molecule has 4 N–H and O–H groups in total. The third-order valence-corrected chi connectivity index (χ3v) is 3.89. The Morgan fingerprint density at radius 3 is 2.29 bits per heavy atom. The average Bonchev–Trinajstić information content (AvgIpc) is 2.21. The van der Waals surface area contributed by atoms with Crippen molar-refractivity contribution < 1.29 is 0 Å². The van der Waals surface area contributed by atoms with Gasteiger partial charge in [-0.25, -0.2) is 15.0 Å². The number of anilines is 2. The van der Waals surface area contributed by atoms with Crippen molar-refractivity contribution in [1.82, 2.24) is 15.0 Å². The molecule has 0 aliphatic carbocycles. The van der Waals surface area contributed by atoms with Crippen LogP contribution in [0.15, 0.2) is 37.5 Å². The number of nitrogens with zero attached hydrogens (tertiary/aromatic N) is 3. The minimum atomic E-state index is 0.341. The molecule has 2 heterocycles. The van der Waals surface area contributed by atoms with Gasteiger partial charge in [-0.3, -0.25) is 0 Å². The van der Waals surface area contributed by atoms with Gasteiger partial charge in [-0.15, -0.1) is 0 Å². The van der Waals surface area contributed by atoms with E-state index in [4.69, 9.17) is 11.5 Å². The molecule has 0 amide bonds. The maximum atomic E-state index is 5.59. The molecule has 0 saturated heterocycles. The topological polar surface area (TPSA) is 90.7 Å². The van der Waals surface area contributed by atoms with Gasteiger partial charge in [0.2, 0.25) is 0 Å². The van der Waals surface area contributed by atoms with Gasteiger partial charge in [0.25, 0.3) is 0 Å². The first kappa shape index (κ1) is 12.6. The van der Waals surface area contributed by atoms with Crippen LogP contribution in [0.3, 0.4) is 0 Å². The van der Waals surface area contributed by atoms with E-state index in [0.717, 1.165) is 14.0 Å². The fourth-order valence-corrected chi connectivity index (χ4v) is 3.04. The van der Waals surface area contributed by atoms with Crippen LogP contribution in [0, 0.1) is 0 Å². The minimum Gasteiger partial charge on any atom is -0.383 e. The molecule has 0 fully saturated rings. The highest BCUT2D eigenvalue weighted by molar-refractivity contribution is 9.11. The van der Waals surface area contributed by atoms with Crippen molar-refractivity contribution in [2.24, 2.45) is 0 Å². The van der Waals surface area contributed by atoms with Crippen molar-refractivity contribution in [3.63, 3.8) is 0 Å². The van der Waals surface area contributed by atoms with Crippen molar-refractivity contribution in [3.8, 4) is 0 Å². The Labute approximate surface area is 119 Å². The zero-order chi connectivity index (χ0) is 12.4. The van der Waals surface area contributed by atoms with Gasteiger partial charge in [-0.05, 0) is 49.7 Å². The number of halogens is 2. The maximum absolute atomic E-state index is 5.59. The van der Waals surface area contributed by atoms with Crippen molar-refractivity contribution in [3.05, 3.63) is 27.3 Å². The molecule has 2 aromatic rings. The average molecular weight is 377 g/mol. The first-order chi connectivity index (χ1) is 8.04. The second-order valence-electron chi connectivity index (χ2n) is 3.04. The van der Waals surface area contributed by atoms with E-state index in [-0.39, 0.29) is 0 Å². The number of pyridine rings is 1. The molecule has 0 saturated carbocycles. The summed E-state index contributed by atoms with van der Waals surface area (Å²) in [5.74, 6) is 0.682. The van der Waals surface area contributed by atoms with Crippen molar-refractivity contribution >= 4 is 55.3 Å². The number of rotatable bonds is 2. The van der Waals surface area contributed by atoms with Gasteiger partial charge in [0.1, 0.15) is 16.7 Å². The van der Waals surface area contributed by atoms with E-state index < -0.39 is 0 Å². The van der Waals surface area contributed by atoms with Gasteiger partial charge >= 0.3 is 0 Å². The summed E-state index contributed by atoms with van der Waals surface area (Å²) < 4.78 is 1.74. The van der Waals surface area contributed by atoms with Crippen LogP contribution in [0.5, 0.6) is 0 Å². The molecule has 0 aromatic carbocycles. The molecule has 88 valence electrons. The van der Waals surface area contributed by atoms with Crippen LogP contribution in [-0.2, 0) is 0 Å². The molecular formula is C9H7Br2N5S. The van der Waals surface area contributed by atoms with Gasteiger partial charge in [0.15, 0.2) is 5.16 Å². The van der Waals surface area contributed by atoms with Crippen LogP contribution >= 0.6 is 43.6 Å². The molecule has 0 spiro atoms. The Hall–Kier alpha value is -0.860. The quantitative estimate of drug-likeness (QED) is 0.783. The lowest BCUT2D eigenvalue weighted by Crippen LogP contribution is -1.99. The summed E-state index contributed by atoms with van der Waals surface area (Å²) in [5, 5.41) is 1.22. The van der Waals surface area contributed by atoms with E-state index in [1.54, 1.807) is 6.20 Å². The zero-order valence-electron chi connectivity index (χ0n) is 8.39. The van der Waals surface area contributed by atoms with Crippen molar-refractivity contribution in [2.45, 2.75) is 10.2 Å². The fraction of sp³-hybridized carbons (Fsp3) is 0. The number of aromatic nitrogens is 3. The fourth-order valence-electron chi connectivity index (χ4n) is 1.07. The third-order valence-electron chi connectivity index (χ3n) is 1.71. The number of nitrogen functional groups attached to an aromatic ring is 2. The number of hydrogen-bond donors (Lipinski definition) is 2. The highest BCUT2D eigenvalue weighted by Gasteiger charge is 2.08. The molecule has 17 heavy (non-hydrogen) atoms. The summed E-state index contributed by atoms with van der Waals surface area (Å²) in [6.45, 7) is 0. The lowest BCUT2D eigenvalue weighted by atomic mass is 10.5. The summed E-state index contributed by atoms with van der Waals surface area (Å²) in [4.78, 5) is 12.4. The molecule has 0 bridgehead atoms. The second kappa shape index (κ2) is 5.19. The van der Waals surface area contributed by atoms with Crippen LogP contribution in [0.4, 0.5) is 11.6 Å². The monoisotopic (exact) mass is 375 g/mol. The Morgan fingerprint density at radius 1 is 1.06 bits per heavy atom. The first-order valence-electron chi connectivity index (χ1n) is 4.43. The van der Waals surface area contributed by atoms with Gasteiger partial charge in [0.05, 0.1) is 4.47 Å². The lowest BCUT2D eigenvalue weighted by molar-refractivity contribution is 0.974. The molecule has 0 aliphatic heterocycles. The summed E-state index contributed by atoms with van der Waals surface area (Å²) >= 11 is 8.03. The zero-order valence-corrected chi connectivity index (χ0v) is 12.4. The Morgan fingerprint density at radius 2 is 1.71 bits per heavy atom. The summed E-state index contributed by atoms with van der Waals surface area (Å²) in [5.41, 5.74) is 11.2. The van der Waals surface area contributed by atoms with Crippen molar-refractivity contribution in [2.75, 3.05) is 11.5 Å². The van der Waals surface area contributed by atoms with Gasteiger partial charge in [-0.1, -0.05) is 0 Å². The highest BCUT2D eigenvalue weighted by Crippen LogP contribution is 2.31. The Balaban J connectivity index is 2.31. The van der Waals surface area contributed by atoms with Crippen LogP contribution < -0.4 is 11.5 Å². The molecule has 0 radical (unpaired) electrons. The lowest BCUT2D eigenvalue weighted by Gasteiger charge is -2.04. The number of nitrogens with two attached hydrogens (primary N) is 2. The second-order valence-corrected chi connectivity index (χ2v) is 5.77. The van der Waals surface area contributed by atoms with E-state index in [9.17, 15) is 0 Å². The van der Waals surface area contributed by atoms with Crippen LogP contribution in [0.25, 0.3) is 0 Å². The van der Waals surface area contributed by atoms with Crippen LogP contribution in [0.2, 0.25) is 0 Å². The molecule has 5 nitrogen and oxygen atoms in total. The van der Waals surface area contributed by atoms with E-state index >= 15 is 0 Å². The van der Waals surface area contributed by atoms with Crippen LogP contribution in [-0.4, -0.2) is 15.0 Å². The normalized spacial score (nSPS) is 10.5.